The molecule has 0 spiro atoms. The second-order valence-electron chi connectivity index (χ2n) is 5.79. The van der Waals surface area contributed by atoms with Gasteiger partial charge in [-0.2, -0.15) is 5.26 Å². The third kappa shape index (κ3) is 5.58. The first-order chi connectivity index (χ1) is 11.7. The Morgan fingerprint density at radius 2 is 2.12 bits per heavy atom. The zero-order valence-electron chi connectivity index (χ0n) is 13.8. The van der Waals surface area contributed by atoms with Crippen molar-refractivity contribution in [1.29, 1.82) is 5.26 Å². The molecule has 0 aliphatic carbocycles. The van der Waals surface area contributed by atoms with E-state index in [4.69, 9.17) is 10.00 Å². The van der Waals surface area contributed by atoms with Gasteiger partial charge < -0.3 is 15.0 Å². The summed E-state index contributed by atoms with van der Waals surface area (Å²) in [6.07, 6.45) is 4.52. The number of carbonyl (C=O) groups excluding carboxylic acids is 2. The van der Waals surface area contributed by atoms with E-state index in [1.807, 2.05) is 11.0 Å². The van der Waals surface area contributed by atoms with Gasteiger partial charge in [0.05, 0.1) is 5.56 Å². The van der Waals surface area contributed by atoms with Crippen molar-refractivity contribution in [3.63, 3.8) is 0 Å². The zero-order valence-corrected chi connectivity index (χ0v) is 13.8. The van der Waals surface area contributed by atoms with Crippen LogP contribution in [0.2, 0.25) is 0 Å². The van der Waals surface area contributed by atoms with E-state index in [1.165, 1.54) is 0 Å². The van der Waals surface area contributed by atoms with Crippen LogP contribution in [0.4, 0.5) is 0 Å². The van der Waals surface area contributed by atoms with E-state index >= 15 is 0 Å². The predicted octanol–water partition coefficient (Wildman–Crippen LogP) is 1.85. The number of nitrogens with zero attached hydrogens (tertiary/aromatic N) is 2. The molecule has 6 nitrogen and oxygen atoms in total. The van der Waals surface area contributed by atoms with Crippen molar-refractivity contribution >= 4 is 11.8 Å². The summed E-state index contributed by atoms with van der Waals surface area (Å²) in [4.78, 5) is 25.5. The van der Waals surface area contributed by atoms with Gasteiger partial charge >= 0.3 is 0 Å². The summed E-state index contributed by atoms with van der Waals surface area (Å²) in [7, 11) is 0. The Balaban J connectivity index is 1.64. The standard InChI is InChI=1S/C18H23N3O3/c19-13-15-7-3-4-8-16(15)24-14-17(22)20-10-6-12-21-11-5-1-2-9-18(21)23/h3-4,7-8H,1-2,5-6,9-12,14H2,(H,20,22). The summed E-state index contributed by atoms with van der Waals surface area (Å²) in [6, 6.07) is 8.83. The lowest BCUT2D eigenvalue weighted by molar-refractivity contribution is -0.130. The number of benzene rings is 1. The van der Waals surface area contributed by atoms with Crippen LogP contribution in [0.15, 0.2) is 24.3 Å². The normalized spacial score (nSPS) is 14.6. The molecular weight excluding hydrogens is 306 g/mol. The largest absolute Gasteiger partial charge is 0.482 e. The number of ether oxygens (including phenoxy) is 1. The Morgan fingerprint density at radius 3 is 2.96 bits per heavy atom. The number of nitrogens with one attached hydrogen (secondary N) is 1. The zero-order chi connectivity index (χ0) is 17.2. The molecule has 1 aliphatic rings. The molecule has 0 atom stereocenters. The van der Waals surface area contributed by atoms with Crippen LogP contribution < -0.4 is 10.1 Å². The van der Waals surface area contributed by atoms with E-state index in [0.29, 0.717) is 30.8 Å². The van der Waals surface area contributed by atoms with E-state index in [9.17, 15) is 9.59 Å². The minimum atomic E-state index is -0.232. The maximum atomic E-state index is 11.9. The smallest absolute Gasteiger partial charge is 0.257 e. The molecule has 0 saturated carbocycles. The molecule has 1 saturated heterocycles. The Bertz CT molecular complexity index is 610. The van der Waals surface area contributed by atoms with Crippen LogP contribution in [0.5, 0.6) is 5.75 Å². The molecule has 0 aromatic heterocycles. The highest BCUT2D eigenvalue weighted by molar-refractivity contribution is 5.77. The van der Waals surface area contributed by atoms with Crippen molar-refractivity contribution in [2.75, 3.05) is 26.2 Å². The van der Waals surface area contributed by atoms with Crippen LogP contribution in [0.25, 0.3) is 0 Å². The Labute approximate surface area is 142 Å². The van der Waals surface area contributed by atoms with Crippen molar-refractivity contribution in [3.05, 3.63) is 29.8 Å². The molecular formula is C18H23N3O3. The second kappa shape index (κ2) is 9.56. The SMILES string of the molecule is N#Cc1ccccc1OCC(=O)NCCCN1CCCCCC1=O. The molecule has 0 radical (unpaired) electrons. The molecule has 0 bridgehead atoms. The first kappa shape index (κ1) is 17.8. The number of para-hydroxylation sites is 1. The molecule has 1 aromatic rings. The van der Waals surface area contributed by atoms with E-state index in [0.717, 1.165) is 32.2 Å². The van der Waals surface area contributed by atoms with Gasteiger partial charge in [-0.15, -0.1) is 0 Å². The van der Waals surface area contributed by atoms with Crippen LogP contribution >= 0.6 is 0 Å². The predicted molar refractivity (Wildman–Crippen MR) is 89.3 cm³/mol. The summed E-state index contributed by atoms with van der Waals surface area (Å²) in [6.45, 7) is 1.88. The first-order valence-electron chi connectivity index (χ1n) is 8.37. The van der Waals surface area contributed by atoms with E-state index < -0.39 is 0 Å². The number of nitriles is 1. The fourth-order valence-corrected chi connectivity index (χ4v) is 2.65. The summed E-state index contributed by atoms with van der Waals surface area (Å²) >= 11 is 0. The van der Waals surface area contributed by atoms with Crippen molar-refractivity contribution in [2.45, 2.75) is 32.1 Å². The Morgan fingerprint density at radius 1 is 1.29 bits per heavy atom. The summed E-state index contributed by atoms with van der Waals surface area (Å²) in [5.74, 6) is 0.394. The Kier molecular flexibility index (Phi) is 7.09. The summed E-state index contributed by atoms with van der Waals surface area (Å²) < 4.78 is 5.37. The fourth-order valence-electron chi connectivity index (χ4n) is 2.65. The number of carbonyl (C=O) groups is 2. The van der Waals surface area contributed by atoms with Crippen LogP contribution in [0, 0.1) is 11.3 Å². The van der Waals surface area contributed by atoms with Gasteiger partial charge in [0, 0.05) is 26.1 Å². The Hall–Kier alpha value is -2.55. The van der Waals surface area contributed by atoms with Crippen LogP contribution in [-0.2, 0) is 9.59 Å². The van der Waals surface area contributed by atoms with Crippen molar-refractivity contribution in [1.82, 2.24) is 10.2 Å². The van der Waals surface area contributed by atoms with Crippen molar-refractivity contribution in [2.24, 2.45) is 0 Å². The molecule has 128 valence electrons. The van der Waals surface area contributed by atoms with Gasteiger partial charge in [0.25, 0.3) is 5.91 Å². The molecule has 1 fully saturated rings. The summed E-state index contributed by atoms with van der Waals surface area (Å²) in [5.41, 5.74) is 0.407. The van der Waals surface area contributed by atoms with Gasteiger partial charge in [0.2, 0.25) is 5.91 Å². The molecule has 0 unspecified atom stereocenters. The number of hydrogen-bond acceptors (Lipinski definition) is 4. The highest BCUT2D eigenvalue weighted by atomic mass is 16.5. The second-order valence-corrected chi connectivity index (χ2v) is 5.79. The average molecular weight is 329 g/mol. The lowest BCUT2D eigenvalue weighted by Gasteiger charge is -2.20. The van der Waals surface area contributed by atoms with Gasteiger partial charge in [-0.3, -0.25) is 9.59 Å². The molecule has 2 rings (SSSR count). The third-order valence-electron chi connectivity index (χ3n) is 3.96. The lowest BCUT2D eigenvalue weighted by Crippen LogP contribution is -2.35. The van der Waals surface area contributed by atoms with E-state index in [1.54, 1.807) is 24.3 Å². The number of likely N-dealkylation sites (tertiary alicyclic amines) is 1. The molecule has 1 N–H and O–H groups in total. The van der Waals surface area contributed by atoms with Gasteiger partial charge in [0.1, 0.15) is 11.8 Å². The first-order valence-corrected chi connectivity index (χ1v) is 8.37. The van der Waals surface area contributed by atoms with E-state index in [2.05, 4.69) is 5.32 Å². The van der Waals surface area contributed by atoms with Gasteiger partial charge in [-0.1, -0.05) is 18.6 Å². The van der Waals surface area contributed by atoms with Gasteiger partial charge in [-0.25, -0.2) is 0 Å². The highest BCUT2D eigenvalue weighted by Crippen LogP contribution is 2.16. The number of rotatable bonds is 7. The quantitative estimate of drug-likeness (QED) is 0.774. The van der Waals surface area contributed by atoms with Crippen LogP contribution in [-0.4, -0.2) is 43.0 Å². The van der Waals surface area contributed by atoms with Crippen molar-refractivity contribution < 1.29 is 14.3 Å². The maximum Gasteiger partial charge on any atom is 0.257 e. The molecule has 6 heteroatoms. The molecule has 2 amide bonds. The number of amides is 2. The van der Waals surface area contributed by atoms with Crippen LogP contribution in [0.3, 0.4) is 0 Å². The average Bonchev–Trinajstić information content (AvgIpc) is 2.81. The number of hydrogen-bond donors (Lipinski definition) is 1. The molecule has 1 aliphatic heterocycles. The van der Waals surface area contributed by atoms with Gasteiger partial charge in [-0.05, 0) is 31.4 Å². The molecule has 1 aromatic carbocycles. The van der Waals surface area contributed by atoms with E-state index in [-0.39, 0.29) is 18.4 Å². The minimum absolute atomic E-state index is 0.124. The van der Waals surface area contributed by atoms with Crippen molar-refractivity contribution in [3.8, 4) is 11.8 Å². The third-order valence-corrected chi connectivity index (χ3v) is 3.96. The topological polar surface area (TPSA) is 82.4 Å². The summed E-state index contributed by atoms with van der Waals surface area (Å²) in [5, 5.41) is 11.7. The lowest BCUT2D eigenvalue weighted by atomic mass is 10.2. The molecule has 1 heterocycles. The monoisotopic (exact) mass is 329 g/mol. The van der Waals surface area contributed by atoms with Gasteiger partial charge in [0.15, 0.2) is 6.61 Å². The highest BCUT2D eigenvalue weighted by Gasteiger charge is 2.15. The maximum absolute atomic E-state index is 11.9. The molecule has 24 heavy (non-hydrogen) atoms. The minimum Gasteiger partial charge on any atom is -0.482 e. The van der Waals surface area contributed by atoms with Crippen LogP contribution in [0.1, 0.15) is 37.7 Å². The fraction of sp³-hybridized carbons (Fsp3) is 0.500.